The zero-order valence-corrected chi connectivity index (χ0v) is 11.1. The van der Waals surface area contributed by atoms with E-state index in [0.717, 1.165) is 12.1 Å². The van der Waals surface area contributed by atoms with Gasteiger partial charge in [-0.2, -0.15) is 0 Å². The van der Waals surface area contributed by atoms with Gasteiger partial charge in [0.1, 0.15) is 11.6 Å². The quantitative estimate of drug-likeness (QED) is 0.643. The fourth-order valence-electron chi connectivity index (χ4n) is 1.82. The summed E-state index contributed by atoms with van der Waals surface area (Å²) in [5.41, 5.74) is 6.67. The van der Waals surface area contributed by atoms with E-state index in [1.165, 1.54) is 6.07 Å². The lowest BCUT2D eigenvalue weighted by Crippen LogP contribution is -2.28. The number of carbonyl (C=O) groups is 1. The molecule has 1 amide bonds. The van der Waals surface area contributed by atoms with Crippen LogP contribution < -0.4 is 11.1 Å². The number of benzene rings is 2. The molecular formula is C15H15FN2O3. The number of phenols is 1. The standard InChI is InChI=1S/C15H15FN2O3/c16-10-3-6-12(13(19)7-10)15(21)18-8-14(20)9-1-4-11(17)5-2-9/h1-7,14,19-20H,8,17H2,(H,18,21). The first-order valence-corrected chi connectivity index (χ1v) is 6.27. The van der Waals surface area contributed by atoms with Crippen LogP contribution >= 0.6 is 0 Å². The average molecular weight is 290 g/mol. The molecule has 1 unspecified atom stereocenters. The number of hydrogen-bond acceptors (Lipinski definition) is 4. The molecule has 0 saturated carbocycles. The van der Waals surface area contributed by atoms with Crippen LogP contribution in [-0.4, -0.2) is 22.7 Å². The molecule has 0 aliphatic rings. The van der Waals surface area contributed by atoms with Crippen molar-refractivity contribution in [2.45, 2.75) is 6.10 Å². The first-order chi connectivity index (χ1) is 9.97. The molecule has 5 N–H and O–H groups in total. The van der Waals surface area contributed by atoms with Gasteiger partial charge in [-0.3, -0.25) is 4.79 Å². The molecule has 0 heterocycles. The Morgan fingerprint density at radius 1 is 1.24 bits per heavy atom. The van der Waals surface area contributed by atoms with Gasteiger partial charge in [-0.25, -0.2) is 4.39 Å². The highest BCUT2D eigenvalue weighted by Gasteiger charge is 2.14. The highest BCUT2D eigenvalue weighted by Crippen LogP contribution is 2.18. The molecule has 1 atom stereocenters. The number of anilines is 1. The van der Waals surface area contributed by atoms with Gasteiger partial charge in [0, 0.05) is 18.3 Å². The summed E-state index contributed by atoms with van der Waals surface area (Å²) >= 11 is 0. The maximum Gasteiger partial charge on any atom is 0.255 e. The molecule has 6 heteroatoms. The van der Waals surface area contributed by atoms with E-state index in [-0.39, 0.29) is 12.1 Å². The number of aliphatic hydroxyl groups excluding tert-OH is 1. The van der Waals surface area contributed by atoms with Crippen molar-refractivity contribution in [3.8, 4) is 5.75 Å². The van der Waals surface area contributed by atoms with Crippen LogP contribution in [0.1, 0.15) is 22.0 Å². The van der Waals surface area contributed by atoms with Crippen LogP contribution in [0.3, 0.4) is 0 Å². The molecule has 2 rings (SSSR count). The van der Waals surface area contributed by atoms with E-state index in [1.807, 2.05) is 0 Å². The number of phenolic OH excluding ortho intramolecular Hbond substituents is 1. The Morgan fingerprint density at radius 2 is 1.90 bits per heavy atom. The predicted molar refractivity (Wildman–Crippen MR) is 76.2 cm³/mol. The number of aromatic hydroxyl groups is 1. The highest BCUT2D eigenvalue weighted by molar-refractivity contribution is 5.96. The summed E-state index contributed by atoms with van der Waals surface area (Å²) in [6, 6.07) is 9.70. The molecule has 0 aromatic heterocycles. The SMILES string of the molecule is Nc1ccc(C(O)CNC(=O)c2ccc(F)cc2O)cc1. The molecular weight excluding hydrogens is 275 g/mol. The van der Waals surface area contributed by atoms with E-state index in [1.54, 1.807) is 24.3 Å². The molecule has 0 aliphatic carbocycles. The summed E-state index contributed by atoms with van der Waals surface area (Å²) < 4.78 is 12.8. The Morgan fingerprint density at radius 3 is 2.52 bits per heavy atom. The third-order valence-corrected chi connectivity index (χ3v) is 2.98. The van der Waals surface area contributed by atoms with Crippen LogP contribution in [0.25, 0.3) is 0 Å². The van der Waals surface area contributed by atoms with Crippen molar-refractivity contribution < 1.29 is 19.4 Å². The third kappa shape index (κ3) is 3.70. The van der Waals surface area contributed by atoms with Gasteiger partial charge >= 0.3 is 0 Å². The Balaban J connectivity index is 1.99. The van der Waals surface area contributed by atoms with Crippen molar-refractivity contribution >= 4 is 11.6 Å². The van der Waals surface area contributed by atoms with Crippen molar-refractivity contribution in [1.29, 1.82) is 0 Å². The third-order valence-electron chi connectivity index (χ3n) is 2.98. The monoisotopic (exact) mass is 290 g/mol. The number of amides is 1. The Labute approximate surface area is 120 Å². The number of aliphatic hydroxyl groups is 1. The second-order valence-electron chi connectivity index (χ2n) is 4.55. The summed E-state index contributed by atoms with van der Waals surface area (Å²) in [7, 11) is 0. The van der Waals surface area contributed by atoms with Gasteiger partial charge < -0.3 is 21.3 Å². The number of hydrogen-bond donors (Lipinski definition) is 4. The van der Waals surface area contributed by atoms with E-state index >= 15 is 0 Å². The minimum Gasteiger partial charge on any atom is -0.507 e. The average Bonchev–Trinajstić information content (AvgIpc) is 2.45. The first-order valence-electron chi connectivity index (χ1n) is 6.27. The maximum absolute atomic E-state index is 12.8. The zero-order chi connectivity index (χ0) is 15.4. The largest absolute Gasteiger partial charge is 0.507 e. The lowest BCUT2D eigenvalue weighted by molar-refractivity contribution is 0.0913. The van der Waals surface area contributed by atoms with Crippen molar-refractivity contribution in [3.05, 3.63) is 59.4 Å². The van der Waals surface area contributed by atoms with Gasteiger partial charge in [-0.1, -0.05) is 12.1 Å². The molecule has 0 bridgehead atoms. The van der Waals surface area contributed by atoms with Crippen molar-refractivity contribution in [1.82, 2.24) is 5.32 Å². The van der Waals surface area contributed by atoms with Gasteiger partial charge in [-0.15, -0.1) is 0 Å². The van der Waals surface area contributed by atoms with Crippen LogP contribution in [0.15, 0.2) is 42.5 Å². The highest BCUT2D eigenvalue weighted by atomic mass is 19.1. The lowest BCUT2D eigenvalue weighted by Gasteiger charge is -2.13. The van der Waals surface area contributed by atoms with Crippen LogP contribution in [0.5, 0.6) is 5.75 Å². The summed E-state index contributed by atoms with van der Waals surface area (Å²) in [4.78, 5) is 11.8. The number of halogens is 1. The molecule has 2 aromatic carbocycles. The Bertz CT molecular complexity index is 644. The summed E-state index contributed by atoms with van der Waals surface area (Å²) in [5.74, 6) is -1.68. The van der Waals surface area contributed by atoms with Crippen molar-refractivity contribution in [2.75, 3.05) is 12.3 Å². The Hall–Kier alpha value is -2.60. The van der Waals surface area contributed by atoms with E-state index in [2.05, 4.69) is 5.32 Å². The Kier molecular flexibility index (Phi) is 4.39. The molecule has 0 spiro atoms. The van der Waals surface area contributed by atoms with Crippen LogP contribution in [0.4, 0.5) is 10.1 Å². The molecule has 21 heavy (non-hydrogen) atoms. The predicted octanol–water partition coefficient (Wildman–Crippen LogP) is 1.58. The fourth-order valence-corrected chi connectivity index (χ4v) is 1.82. The molecule has 5 nitrogen and oxygen atoms in total. The topological polar surface area (TPSA) is 95.6 Å². The molecule has 2 aromatic rings. The van der Waals surface area contributed by atoms with Gasteiger partial charge in [0.05, 0.1) is 11.7 Å². The lowest BCUT2D eigenvalue weighted by atomic mass is 10.1. The van der Waals surface area contributed by atoms with Crippen LogP contribution in [0.2, 0.25) is 0 Å². The second kappa shape index (κ2) is 6.23. The molecule has 0 aliphatic heterocycles. The molecule has 0 fully saturated rings. The van der Waals surface area contributed by atoms with Crippen LogP contribution in [-0.2, 0) is 0 Å². The van der Waals surface area contributed by atoms with Gasteiger partial charge in [0.2, 0.25) is 0 Å². The summed E-state index contributed by atoms with van der Waals surface area (Å²) in [6.07, 6.45) is -0.905. The zero-order valence-electron chi connectivity index (χ0n) is 11.1. The number of nitrogens with one attached hydrogen (secondary N) is 1. The van der Waals surface area contributed by atoms with Crippen LogP contribution in [0, 0.1) is 5.82 Å². The fraction of sp³-hybridized carbons (Fsp3) is 0.133. The number of rotatable bonds is 4. The van der Waals surface area contributed by atoms with E-state index < -0.39 is 23.6 Å². The molecule has 0 saturated heterocycles. The van der Waals surface area contributed by atoms with Gasteiger partial charge in [0.15, 0.2) is 0 Å². The van der Waals surface area contributed by atoms with Gasteiger partial charge in [0.25, 0.3) is 5.91 Å². The minimum absolute atomic E-state index is 0.0421. The van der Waals surface area contributed by atoms with E-state index in [0.29, 0.717) is 11.3 Å². The molecule has 0 radical (unpaired) electrons. The van der Waals surface area contributed by atoms with Crippen molar-refractivity contribution in [2.24, 2.45) is 0 Å². The maximum atomic E-state index is 12.8. The first kappa shape index (κ1) is 14.8. The summed E-state index contributed by atoms with van der Waals surface area (Å²) in [6.45, 7) is -0.0421. The number of nitrogens with two attached hydrogens (primary N) is 1. The minimum atomic E-state index is -0.905. The summed E-state index contributed by atoms with van der Waals surface area (Å²) in [5, 5.41) is 21.9. The molecule has 110 valence electrons. The van der Waals surface area contributed by atoms with Gasteiger partial charge in [-0.05, 0) is 29.8 Å². The van der Waals surface area contributed by atoms with E-state index in [4.69, 9.17) is 5.73 Å². The van der Waals surface area contributed by atoms with Crippen molar-refractivity contribution in [3.63, 3.8) is 0 Å². The number of nitrogen functional groups attached to an aromatic ring is 1. The second-order valence-corrected chi connectivity index (χ2v) is 4.55. The van der Waals surface area contributed by atoms with E-state index in [9.17, 15) is 19.4 Å². The number of carbonyl (C=O) groups excluding carboxylic acids is 1. The normalized spacial score (nSPS) is 11.9. The smallest absolute Gasteiger partial charge is 0.255 e.